The summed E-state index contributed by atoms with van der Waals surface area (Å²) >= 11 is 5.92. The summed E-state index contributed by atoms with van der Waals surface area (Å²) in [4.78, 5) is 4.02. The van der Waals surface area contributed by atoms with E-state index in [0.717, 1.165) is 25.7 Å². The van der Waals surface area contributed by atoms with Crippen molar-refractivity contribution in [2.45, 2.75) is 38.2 Å². The van der Waals surface area contributed by atoms with Gasteiger partial charge < -0.3 is 10.8 Å². The van der Waals surface area contributed by atoms with Crippen molar-refractivity contribution in [3.8, 4) is 0 Å². The van der Waals surface area contributed by atoms with E-state index in [9.17, 15) is 5.11 Å². The molecule has 2 atom stereocenters. The van der Waals surface area contributed by atoms with Gasteiger partial charge in [-0.15, -0.1) is 0 Å². The first-order valence-corrected chi connectivity index (χ1v) is 6.05. The largest absolute Gasteiger partial charge is 0.385 e. The summed E-state index contributed by atoms with van der Waals surface area (Å²) in [5.41, 5.74) is 5.66. The Kier molecular flexibility index (Phi) is 3.08. The molecule has 0 amide bonds. The maximum Gasteiger partial charge on any atom is 0.129 e. The molecule has 16 heavy (non-hydrogen) atoms. The molecule has 0 radical (unpaired) electrons. The normalized spacial score (nSPS) is 30.3. The quantitative estimate of drug-likeness (QED) is 0.794. The first-order chi connectivity index (χ1) is 7.54. The summed E-state index contributed by atoms with van der Waals surface area (Å²) < 4.78 is 0. The first-order valence-electron chi connectivity index (χ1n) is 5.68. The van der Waals surface area contributed by atoms with Gasteiger partial charge in [0, 0.05) is 11.8 Å². The Labute approximate surface area is 101 Å². The number of hydrogen-bond acceptors (Lipinski definition) is 3. The molecule has 1 saturated carbocycles. The van der Waals surface area contributed by atoms with Gasteiger partial charge in [0.1, 0.15) is 5.82 Å². The molecule has 1 aromatic rings. The molecule has 0 aliphatic heterocycles. The van der Waals surface area contributed by atoms with Crippen molar-refractivity contribution >= 4 is 17.4 Å². The Morgan fingerprint density at radius 2 is 2.31 bits per heavy atom. The zero-order valence-electron chi connectivity index (χ0n) is 9.41. The maximum absolute atomic E-state index is 10.7. The van der Waals surface area contributed by atoms with Gasteiger partial charge in [0.2, 0.25) is 0 Å². The van der Waals surface area contributed by atoms with Crippen molar-refractivity contribution in [1.82, 2.24) is 4.98 Å². The Balaban J connectivity index is 2.44. The summed E-state index contributed by atoms with van der Waals surface area (Å²) in [6.45, 7) is 2.06. The lowest BCUT2D eigenvalue weighted by atomic mass is 9.72. The van der Waals surface area contributed by atoms with Crippen LogP contribution in [-0.4, -0.2) is 10.1 Å². The molecule has 1 heterocycles. The van der Waals surface area contributed by atoms with Gasteiger partial charge >= 0.3 is 0 Å². The third-order valence-corrected chi connectivity index (χ3v) is 3.82. The second-order valence-electron chi connectivity index (χ2n) is 4.66. The molecule has 1 aliphatic rings. The van der Waals surface area contributed by atoms with Crippen LogP contribution in [0.25, 0.3) is 0 Å². The molecule has 1 aliphatic carbocycles. The van der Waals surface area contributed by atoms with Crippen LogP contribution in [0.5, 0.6) is 0 Å². The molecule has 0 bridgehead atoms. The summed E-state index contributed by atoms with van der Waals surface area (Å²) in [7, 11) is 0. The van der Waals surface area contributed by atoms with Crippen molar-refractivity contribution in [2.75, 3.05) is 5.73 Å². The van der Waals surface area contributed by atoms with Gasteiger partial charge in [-0.2, -0.15) is 0 Å². The fourth-order valence-corrected chi connectivity index (χ4v) is 2.68. The van der Waals surface area contributed by atoms with Gasteiger partial charge in [-0.05, 0) is 24.8 Å². The van der Waals surface area contributed by atoms with Crippen LogP contribution in [0, 0.1) is 5.92 Å². The molecule has 4 heteroatoms. The fourth-order valence-electron chi connectivity index (χ4n) is 2.53. The Morgan fingerprint density at radius 1 is 1.56 bits per heavy atom. The lowest BCUT2D eigenvalue weighted by Crippen LogP contribution is -2.37. The van der Waals surface area contributed by atoms with Crippen LogP contribution in [0.15, 0.2) is 12.3 Å². The molecule has 1 aromatic heterocycles. The molecule has 1 fully saturated rings. The number of aliphatic hydroxyl groups is 1. The average Bonchev–Trinajstić information content (AvgIpc) is 2.26. The maximum atomic E-state index is 10.7. The standard InChI is InChI=1S/C12H17ClN2O/c1-8-4-2-3-5-12(8,16)10-6-9(13)7-15-11(10)14/h6-8,16H,2-5H2,1H3,(H2,14,15). The van der Waals surface area contributed by atoms with E-state index in [4.69, 9.17) is 17.3 Å². The minimum Gasteiger partial charge on any atom is -0.385 e. The minimum atomic E-state index is -0.861. The molecular weight excluding hydrogens is 224 g/mol. The smallest absolute Gasteiger partial charge is 0.129 e. The van der Waals surface area contributed by atoms with Crippen LogP contribution < -0.4 is 5.73 Å². The number of rotatable bonds is 1. The highest BCUT2D eigenvalue weighted by Crippen LogP contribution is 2.43. The second-order valence-corrected chi connectivity index (χ2v) is 5.09. The van der Waals surface area contributed by atoms with E-state index < -0.39 is 5.60 Å². The number of anilines is 1. The van der Waals surface area contributed by atoms with Crippen LogP contribution in [0.3, 0.4) is 0 Å². The van der Waals surface area contributed by atoms with E-state index in [1.54, 1.807) is 6.07 Å². The van der Waals surface area contributed by atoms with E-state index in [2.05, 4.69) is 11.9 Å². The van der Waals surface area contributed by atoms with Gasteiger partial charge in [0.05, 0.1) is 10.6 Å². The monoisotopic (exact) mass is 240 g/mol. The summed E-state index contributed by atoms with van der Waals surface area (Å²) in [5, 5.41) is 11.3. The van der Waals surface area contributed by atoms with Crippen LogP contribution in [0.2, 0.25) is 5.02 Å². The molecule has 88 valence electrons. The van der Waals surface area contributed by atoms with E-state index >= 15 is 0 Å². The van der Waals surface area contributed by atoms with Gasteiger partial charge in [-0.1, -0.05) is 31.4 Å². The molecular formula is C12H17ClN2O. The van der Waals surface area contributed by atoms with Gasteiger partial charge in [-0.3, -0.25) is 0 Å². The third-order valence-electron chi connectivity index (χ3n) is 3.61. The highest BCUT2D eigenvalue weighted by Gasteiger charge is 2.39. The van der Waals surface area contributed by atoms with E-state index in [1.807, 2.05) is 0 Å². The minimum absolute atomic E-state index is 0.198. The summed E-state index contributed by atoms with van der Waals surface area (Å²) in [6, 6.07) is 1.74. The van der Waals surface area contributed by atoms with Crippen molar-refractivity contribution in [1.29, 1.82) is 0 Å². The van der Waals surface area contributed by atoms with Crippen LogP contribution >= 0.6 is 11.6 Å². The van der Waals surface area contributed by atoms with Gasteiger partial charge in [0.25, 0.3) is 0 Å². The van der Waals surface area contributed by atoms with Gasteiger partial charge in [0.15, 0.2) is 0 Å². The molecule has 3 N–H and O–H groups in total. The van der Waals surface area contributed by atoms with Crippen molar-refractivity contribution in [2.24, 2.45) is 5.92 Å². The second kappa shape index (κ2) is 4.22. The Bertz CT molecular complexity index is 397. The van der Waals surface area contributed by atoms with Crippen LogP contribution in [0.1, 0.15) is 38.2 Å². The zero-order valence-corrected chi connectivity index (χ0v) is 10.2. The third kappa shape index (κ3) is 1.89. The average molecular weight is 241 g/mol. The summed E-state index contributed by atoms with van der Waals surface area (Å²) in [6.07, 6.45) is 5.45. The molecule has 2 unspecified atom stereocenters. The Hall–Kier alpha value is -0.800. The zero-order chi connectivity index (χ0) is 11.8. The fraction of sp³-hybridized carbons (Fsp3) is 0.583. The highest BCUT2D eigenvalue weighted by molar-refractivity contribution is 6.30. The number of nitrogens with zero attached hydrogens (tertiary/aromatic N) is 1. The molecule has 0 saturated heterocycles. The van der Waals surface area contributed by atoms with E-state index in [1.165, 1.54) is 6.20 Å². The SMILES string of the molecule is CC1CCCCC1(O)c1cc(Cl)cnc1N. The van der Waals surface area contributed by atoms with Crippen molar-refractivity contribution < 1.29 is 5.11 Å². The Morgan fingerprint density at radius 3 is 3.00 bits per heavy atom. The molecule has 0 spiro atoms. The van der Waals surface area contributed by atoms with Crippen LogP contribution in [0.4, 0.5) is 5.82 Å². The molecule has 0 aromatic carbocycles. The topological polar surface area (TPSA) is 59.1 Å². The number of aromatic nitrogens is 1. The highest BCUT2D eigenvalue weighted by atomic mass is 35.5. The van der Waals surface area contributed by atoms with Crippen molar-refractivity contribution in [3.63, 3.8) is 0 Å². The van der Waals surface area contributed by atoms with Gasteiger partial charge in [-0.25, -0.2) is 4.98 Å². The van der Waals surface area contributed by atoms with E-state index in [-0.39, 0.29) is 5.92 Å². The number of nitrogen functional groups attached to an aromatic ring is 1. The number of pyridine rings is 1. The number of hydrogen-bond donors (Lipinski definition) is 2. The predicted molar refractivity (Wildman–Crippen MR) is 65.2 cm³/mol. The lowest BCUT2D eigenvalue weighted by molar-refractivity contribution is -0.0465. The van der Waals surface area contributed by atoms with Crippen LogP contribution in [-0.2, 0) is 5.60 Å². The molecule has 2 rings (SSSR count). The molecule has 3 nitrogen and oxygen atoms in total. The summed E-state index contributed by atoms with van der Waals surface area (Å²) in [5.74, 6) is 0.587. The first kappa shape index (κ1) is 11.7. The lowest BCUT2D eigenvalue weighted by Gasteiger charge is -2.38. The number of nitrogens with two attached hydrogens (primary N) is 1. The van der Waals surface area contributed by atoms with Crippen molar-refractivity contribution in [3.05, 3.63) is 22.8 Å². The predicted octanol–water partition coefficient (Wildman–Crippen LogP) is 2.71. The van der Waals surface area contributed by atoms with E-state index in [0.29, 0.717) is 16.4 Å². The number of halogens is 1.